The predicted octanol–water partition coefficient (Wildman–Crippen LogP) is 9.60. The highest BCUT2D eigenvalue weighted by molar-refractivity contribution is 8.24. The number of carboxylic acid groups (broad SMARTS) is 1. The number of hydrogen-bond donors (Lipinski definition) is 4. The SMILES string of the molecule is C=C(C)[C@@H]1CC[C@]2(NCCN3CCS(O)(O)CC3)CC[C@]3(C)[C@H](CC[C@@H]4[C@@]5(C)CC=C(C6=CC(CF)C(C(=O)O)CC6)C(C)(C)[C@@H]5CC[C@]43C)[C@@H]12. The van der Waals surface area contributed by atoms with Crippen LogP contribution in [0.4, 0.5) is 4.39 Å². The molecule has 288 valence electrons. The lowest BCUT2D eigenvalue weighted by atomic mass is 9.33. The smallest absolute Gasteiger partial charge is 0.307 e. The zero-order valence-electron chi connectivity index (χ0n) is 32.6. The van der Waals surface area contributed by atoms with E-state index in [0.717, 1.165) is 39.0 Å². The Bertz CT molecular complexity index is 1450. The fourth-order valence-corrected chi connectivity index (χ4v) is 16.0. The fourth-order valence-electron chi connectivity index (χ4n) is 14.7. The van der Waals surface area contributed by atoms with E-state index in [-0.39, 0.29) is 27.2 Å². The third kappa shape index (κ3) is 5.97. The molecule has 2 unspecified atom stereocenters. The Hall–Kier alpha value is -1.19. The van der Waals surface area contributed by atoms with Gasteiger partial charge in [0.1, 0.15) is 0 Å². The molecule has 51 heavy (non-hydrogen) atoms. The zero-order chi connectivity index (χ0) is 36.8. The summed E-state index contributed by atoms with van der Waals surface area (Å²) < 4.78 is 34.4. The molecule has 0 radical (unpaired) electrons. The molecule has 5 fully saturated rings. The Balaban J connectivity index is 1.14. The molecule has 11 atom stereocenters. The van der Waals surface area contributed by atoms with E-state index in [1.54, 1.807) is 0 Å². The third-order valence-corrected chi connectivity index (χ3v) is 19.2. The van der Waals surface area contributed by atoms with Gasteiger partial charge in [0.25, 0.3) is 0 Å². The second-order valence-electron chi connectivity index (χ2n) is 19.9. The molecule has 0 aromatic carbocycles. The van der Waals surface area contributed by atoms with Crippen molar-refractivity contribution in [2.24, 2.45) is 63.1 Å². The summed E-state index contributed by atoms with van der Waals surface area (Å²) in [5.41, 5.74) is 4.79. The van der Waals surface area contributed by atoms with Gasteiger partial charge in [-0.15, -0.1) is 0 Å². The number of aliphatic carboxylic acids is 1. The van der Waals surface area contributed by atoms with Crippen LogP contribution < -0.4 is 5.32 Å². The van der Waals surface area contributed by atoms with Gasteiger partial charge in [0, 0.05) is 37.6 Å². The lowest BCUT2D eigenvalue weighted by molar-refractivity contribution is -0.221. The van der Waals surface area contributed by atoms with Crippen LogP contribution in [0.25, 0.3) is 0 Å². The maximum Gasteiger partial charge on any atom is 0.307 e. The van der Waals surface area contributed by atoms with Crippen LogP contribution in [-0.2, 0) is 4.79 Å². The van der Waals surface area contributed by atoms with Gasteiger partial charge in [-0.2, -0.15) is 10.6 Å². The lowest BCUT2D eigenvalue weighted by Gasteiger charge is -2.72. The fraction of sp³-hybridized carbons (Fsp3) is 0.837. The van der Waals surface area contributed by atoms with E-state index in [1.807, 2.05) is 6.08 Å². The first kappa shape index (κ1) is 38.1. The molecule has 0 bridgehead atoms. The normalized spacial score (nSPS) is 46.7. The number of alkyl halides is 1. The van der Waals surface area contributed by atoms with Crippen LogP contribution in [-0.4, -0.2) is 75.0 Å². The highest BCUT2D eigenvalue weighted by Gasteiger charge is 2.70. The molecular formula is C43H69FN2O4S. The highest BCUT2D eigenvalue weighted by atomic mass is 32.3. The number of hydrogen-bond acceptors (Lipinski definition) is 5. The third-order valence-electron chi connectivity index (χ3n) is 17.5. The second-order valence-corrected chi connectivity index (χ2v) is 22.3. The molecule has 0 aromatic rings. The maximum absolute atomic E-state index is 14.1. The minimum Gasteiger partial charge on any atom is -0.481 e. The van der Waals surface area contributed by atoms with Gasteiger partial charge in [-0.3, -0.25) is 23.2 Å². The summed E-state index contributed by atoms with van der Waals surface area (Å²) in [6.07, 6.45) is 16.9. The summed E-state index contributed by atoms with van der Waals surface area (Å²) >= 11 is 0. The molecule has 0 spiro atoms. The van der Waals surface area contributed by atoms with Gasteiger partial charge in [0.15, 0.2) is 0 Å². The van der Waals surface area contributed by atoms with Gasteiger partial charge >= 0.3 is 5.97 Å². The first-order chi connectivity index (χ1) is 23.9. The Kier molecular flexibility index (Phi) is 9.89. The maximum atomic E-state index is 14.1. The average molecular weight is 729 g/mol. The first-order valence-electron chi connectivity index (χ1n) is 20.5. The van der Waals surface area contributed by atoms with Crippen molar-refractivity contribution in [2.45, 2.75) is 118 Å². The van der Waals surface area contributed by atoms with E-state index in [0.29, 0.717) is 47.5 Å². The average Bonchev–Trinajstić information content (AvgIpc) is 3.45. The van der Waals surface area contributed by atoms with Crippen molar-refractivity contribution in [2.75, 3.05) is 44.4 Å². The monoisotopic (exact) mass is 728 g/mol. The molecule has 4 N–H and O–H groups in total. The van der Waals surface area contributed by atoms with Crippen LogP contribution in [0.1, 0.15) is 112 Å². The number of carbonyl (C=O) groups is 1. The first-order valence-corrected chi connectivity index (χ1v) is 22.4. The lowest BCUT2D eigenvalue weighted by Crippen LogP contribution is -2.68. The molecule has 0 amide bonds. The molecule has 8 heteroatoms. The van der Waals surface area contributed by atoms with Gasteiger partial charge in [0.2, 0.25) is 0 Å². The molecule has 6 aliphatic carbocycles. The van der Waals surface area contributed by atoms with E-state index < -0.39 is 35.1 Å². The highest BCUT2D eigenvalue weighted by Crippen LogP contribution is 2.76. The predicted molar refractivity (Wildman–Crippen MR) is 208 cm³/mol. The van der Waals surface area contributed by atoms with E-state index in [4.69, 9.17) is 0 Å². The Labute approximate surface area is 309 Å². The van der Waals surface area contributed by atoms with E-state index in [2.05, 4.69) is 64.4 Å². The number of rotatable bonds is 8. The van der Waals surface area contributed by atoms with Gasteiger partial charge in [-0.05, 0) is 140 Å². The summed E-state index contributed by atoms with van der Waals surface area (Å²) in [6, 6.07) is 0. The molecule has 6 nitrogen and oxygen atoms in total. The molecule has 7 aliphatic rings. The van der Waals surface area contributed by atoms with Gasteiger partial charge < -0.3 is 10.4 Å². The molecule has 0 aromatic heterocycles. The van der Waals surface area contributed by atoms with Crippen LogP contribution in [0.2, 0.25) is 0 Å². The van der Waals surface area contributed by atoms with Crippen LogP contribution in [0.3, 0.4) is 0 Å². The number of fused-ring (bicyclic) bond motifs is 7. The quantitative estimate of drug-likeness (QED) is 0.186. The summed E-state index contributed by atoms with van der Waals surface area (Å²) in [5, 5.41) is 14.0. The van der Waals surface area contributed by atoms with Crippen LogP contribution in [0, 0.1) is 63.1 Å². The van der Waals surface area contributed by atoms with Crippen molar-refractivity contribution >= 4 is 16.6 Å². The summed E-state index contributed by atoms with van der Waals surface area (Å²) in [7, 11) is -2.37. The molecule has 4 saturated carbocycles. The van der Waals surface area contributed by atoms with Crippen LogP contribution in [0.5, 0.6) is 0 Å². The zero-order valence-corrected chi connectivity index (χ0v) is 33.4. The topological polar surface area (TPSA) is 93.0 Å². The van der Waals surface area contributed by atoms with Gasteiger partial charge in [0.05, 0.1) is 24.1 Å². The van der Waals surface area contributed by atoms with Gasteiger partial charge in [-0.1, -0.05) is 58.9 Å². The summed E-state index contributed by atoms with van der Waals surface area (Å²) in [6.45, 7) is 22.7. The van der Waals surface area contributed by atoms with Gasteiger partial charge in [-0.25, -0.2) is 0 Å². The largest absolute Gasteiger partial charge is 0.481 e. The number of carboxylic acids is 1. The summed E-state index contributed by atoms with van der Waals surface area (Å²) in [4.78, 5) is 14.3. The van der Waals surface area contributed by atoms with Crippen LogP contribution >= 0.6 is 10.6 Å². The van der Waals surface area contributed by atoms with Crippen molar-refractivity contribution in [3.8, 4) is 0 Å². The molecule has 7 rings (SSSR count). The standard InChI is InChI=1S/C43H69FN2O4S/c1-28(2)31-12-17-43(45-20-21-46-22-24-51(49,50)25-23-46)19-18-41(6)34(37(31)43)10-11-36-40(5)15-13-33(39(3,4)35(40)14-16-42(36,41)7)29-8-9-32(38(47)48)30(26-29)27-44/h13,26,30-32,34-37,45,49-50H,1,8-12,14-25,27H2,2-7H3,(H,47,48)/t30?,31-,32?,34+,35-,36+,37+,40-,41+,42+,43-/m0/s1. The number of allylic oxidation sites excluding steroid dienone is 5. The molecule has 1 aliphatic heterocycles. The molecular weight excluding hydrogens is 660 g/mol. The van der Waals surface area contributed by atoms with Crippen molar-refractivity contribution < 1.29 is 23.4 Å². The van der Waals surface area contributed by atoms with Crippen molar-refractivity contribution in [1.82, 2.24) is 10.2 Å². The van der Waals surface area contributed by atoms with Crippen molar-refractivity contribution in [3.63, 3.8) is 0 Å². The minimum atomic E-state index is -2.37. The van der Waals surface area contributed by atoms with E-state index in [1.165, 1.54) is 68.1 Å². The number of nitrogens with zero attached hydrogens (tertiary/aromatic N) is 1. The second kappa shape index (κ2) is 13.2. The Morgan fingerprint density at radius 1 is 0.961 bits per heavy atom. The number of nitrogens with one attached hydrogen (secondary N) is 1. The van der Waals surface area contributed by atoms with Crippen LogP contribution in [0.15, 0.2) is 35.5 Å². The summed E-state index contributed by atoms with van der Waals surface area (Å²) in [5.74, 6) is 2.05. The van der Waals surface area contributed by atoms with Crippen molar-refractivity contribution in [1.29, 1.82) is 0 Å². The Morgan fingerprint density at radius 3 is 2.35 bits per heavy atom. The Morgan fingerprint density at radius 2 is 1.69 bits per heavy atom. The van der Waals surface area contributed by atoms with Crippen molar-refractivity contribution in [3.05, 3.63) is 35.5 Å². The molecule has 1 saturated heterocycles. The van der Waals surface area contributed by atoms with E-state index in [9.17, 15) is 23.4 Å². The molecule has 1 heterocycles. The number of halogens is 1. The van der Waals surface area contributed by atoms with E-state index >= 15 is 0 Å². The minimum absolute atomic E-state index is 0.0392.